The van der Waals surface area contributed by atoms with Crippen LogP contribution < -0.4 is 5.56 Å². The van der Waals surface area contributed by atoms with E-state index in [0.29, 0.717) is 5.82 Å². The molecule has 0 atom stereocenters. The number of fused-ring (bicyclic) bond motifs is 1. The van der Waals surface area contributed by atoms with E-state index in [9.17, 15) is 18.0 Å². The first-order valence-electron chi connectivity index (χ1n) is 7.19. The second kappa shape index (κ2) is 6.80. The van der Waals surface area contributed by atoms with Gasteiger partial charge in [0.1, 0.15) is 0 Å². The van der Waals surface area contributed by atoms with Crippen LogP contribution >= 0.6 is 27.7 Å². The number of halogens is 4. The zero-order chi connectivity index (χ0) is 18.2. The van der Waals surface area contributed by atoms with Crippen molar-refractivity contribution in [2.75, 3.05) is 5.75 Å². The fourth-order valence-electron chi connectivity index (χ4n) is 2.31. The fourth-order valence-corrected chi connectivity index (χ4v) is 3.58. The van der Waals surface area contributed by atoms with Crippen molar-refractivity contribution >= 4 is 38.5 Å². The summed E-state index contributed by atoms with van der Waals surface area (Å²) in [4.78, 5) is 17.7. The van der Waals surface area contributed by atoms with Gasteiger partial charge < -0.3 is 0 Å². The molecule has 25 heavy (non-hydrogen) atoms. The fraction of sp³-hybridized carbons (Fsp3) is 0.188. The Kier molecular flexibility index (Phi) is 4.88. The van der Waals surface area contributed by atoms with Gasteiger partial charge in [0.05, 0.1) is 22.0 Å². The summed E-state index contributed by atoms with van der Waals surface area (Å²) in [6.45, 7) is 1.96. The lowest BCUT2D eigenvalue weighted by Crippen LogP contribution is -2.22. The van der Waals surface area contributed by atoms with Gasteiger partial charge in [0.2, 0.25) is 0 Å². The van der Waals surface area contributed by atoms with Crippen molar-refractivity contribution in [3.63, 3.8) is 0 Å². The van der Waals surface area contributed by atoms with E-state index < -0.39 is 17.3 Å². The van der Waals surface area contributed by atoms with Crippen LogP contribution in [-0.4, -0.2) is 20.5 Å². The minimum absolute atomic E-state index is 0.137. The highest BCUT2D eigenvalue weighted by Crippen LogP contribution is 2.31. The molecule has 0 fully saturated rings. The number of nitrogens with zero attached hydrogens (tertiary/aromatic N) is 3. The molecule has 0 radical (unpaired) electrons. The summed E-state index contributed by atoms with van der Waals surface area (Å²) >= 11 is 4.82. The second-order valence-corrected chi connectivity index (χ2v) is 7.29. The molecule has 9 heteroatoms. The smallest absolute Gasteiger partial charge is 0.267 e. The van der Waals surface area contributed by atoms with Gasteiger partial charge in [-0.2, -0.15) is 23.0 Å². The Bertz CT molecular complexity index is 1000. The molecule has 0 unspecified atom stereocenters. The highest BCUT2D eigenvalue weighted by Gasteiger charge is 2.30. The zero-order valence-corrected chi connectivity index (χ0v) is 15.2. The standard InChI is InChI=1S/C16H11BrF3N3OS/c1-2-25-13-6-11(17)8-21-14(13)23-15(24)12-4-3-10(16(18,19)20)5-9(12)7-22-23/h3-8H,2H2,1H3. The SMILES string of the molecule is CCSc1cc(Br)cnc1-n1ncc2cc(C(F)(F)F)ccc2c1=O. The summed E-state index contributed by atoms with van der Waals surface area (Å²) in [7, 11) is 0. The van der Waals surface area contributed by atoms with Gasteiger partial charge in [-0.15, -0.1) is 11.8 Å². The summed E-state index contributed by atoms with van der Waals surface area (Å²) in [5.74, 6) is 1.12. The van der Waals surface area contributed by atoms with Crippen LogP contribution in [0.5, 0.6) is 0 Å². The van der Waals surface area contributed by atoms with Gasteiger partial charge in [-0.25, -0.2) is 4.98 Å². The number of alkyl halides is 3. The number of hydrogen-bond donors (Lipinski definition) is 0. The summed E-state index contributed by atoms with van der Waals surface area (Å²) in [5, 5.41) is 4.31. The molecule has 130 valence electrons. The van der Waals surface area contributed by atoms with Crippen LogP contribution in [0.25, 0.3) is 16.6 Å². The number of rotatable bonds is 3. The number of thioether (sulfide) groups is 1. The Labute approximate surface area is 153 Å². The predicted molar refractivity (Wildman–Crippen MR) is 94.2 cm³/mol. The lowest BCUT2D eigenvalue weighted by molar-refractivity contribution is -0.137. The number of pyridine rings is 1. The first-order valence-corrected chi connectivity index (χ1v) is 8.97. The van der Waals surface area contributed by atoms with Gasteiger partial charge in [-0.1, -0.05) is 6.92 Å². The van der Waals surface area contributed by atoms with Crippen LogP contribution in [0, 0.1) is 0 Å². The maximum atomic E-state index is 12.8. The van der Waals surface area contributed by atoms with Crippen LogP contribution in [0.4, 0.5) is 13.2 Å². The van der Waals surface area contributed by atoms with Crippen LogP contribution in [0.1, 0.15) is 12.5 Å². The van der Waals surface area contributed by atoms with E-state index in [4.69, 9.17) is 0 Å². The average molecular weight is 430 g/mol. The number of aromatic nitrogens is 3. The van der Waals surface area contributed by atoms with E-state index in [1.54, 1.807) is 6.20 Å². The lowest BCUT2D eigenvalue weighted by Gasteiger charge is -2.11. The molecule has 2 aromatic heterocycles. The third kappa shape index (κ3) is 3.57. The first kappa shape index (κ1) is 17.9. The van der Waals surface area contributed by atoms with Crippen molar-refractivity contribution in [3.8, 4) is 5.82 Å². The second-order valence-electron chi connectivity index (χ2n) is 5.07. The molecule has 0 spiro atoms. The summed E-state index contributed by atoms with van der Waals surface area (Å²) in [6.07, 6.45) is -1.68. The molecule has 2 heterocycles. The zero-order valence-electron chi connectivity index (χ0n) is 12.8. The van der Waals surface area contributed by atoms with Gasteiger partial charge in [-0.3, -0.25) is 4.79 Å². The molecule has 3 aromatic rings. The molecule has 0 saturated carbocycles. The molecule has 1 aromatic carbocycles. The van der Waals surface area contributed by atoms with Gasteiger partial charge in [0, 0.05) is 16.1 Å². The molecule has 3 rings (SSSR count). The van der Waals surface area contributed by atoms with E-state index in [1.165, 1.54) is 24.0 Å². The molecular weight excluding hydrogens is 419 g/mol. The van der Waals surface area contributed by atoms with E-state index in [2.05, 4.69) is 26.0 Å². The Balaban J connectivity index is 2.20. The Morgan fingerprint density at radius 3 is 2.68 bits per heavy atom. The van der Waals surface area contributed by atoms with Gasteiger partial charge in [-0.05, 0) is 45.9 Å². The van der Waals surface area contributed by atoms with Crippen molar-refractivity contribution in [1.29, 1.82) is 0 Å². The lowest BCUT2D eigenvalue weighted by atomic mass is 10.1. The molecule has 0 aliphatic rings. The molecule has 0 aliphatic carbocycles. The first-order chi connectivity index (χ1) is 11.8. The quantitative estimate of drug-likeness (QED) is 0.567. The molecule has 0 N–H and O–H groups in total. The monoisotopic (exact) mass is 429 g/mol. The van der Waals surface area contributed by atoms with Gasteiger partial charge in [0.15, 0.2) is 5.82 Å². The molecule has 0 bridgehead atoms. The molecular formula is C16H11BrF3N3OS. The summed E-state index contributed by atoms with van der Waals surface area (Å²) in [6, 6.07) is 4.81. The van der Waals surface area contributed by atoms with Crippen LogP contribution in [0.2, 0.25) is 0 Å². The highest BCUT2D eigenvalue weighted by molar-refractivity contribution is 9.10. The van der Waals surface area contributed by atoms with E-state index in [0.717, 1.165) is 31.9 Å². The Morgan fingerprint density at radius 1 is 1.24 bits per heavy atom. The minimum Gasteiger partial charge on any atom is -0.267 e. The van der Waals surface area contributed by atoms with Gasteiger partial charge >= 0.3 is 6.18 Å². The Hall–Kier alpha value is -1.87. The average Bonchev–Trinajstić information content (AvgIpc) is 2.55. The topological polar surface area (TPSA) is 47.8 Å². The maximum Gasteiger partial charge on any atom is 0.416 e. The van der Waals surface area contributed by atoms with Crippen molar-refractivity contribution in [3.05, 3.63) is 57.0 Å². The molecule has 4 nitrogen and oxygen atoms in total. The van der Waals surface area contributed by atoms with Crippen LogP contribution in [-0.2, 0) is 6.18 Å². The number of benzene rings is 1. The summed E-state index contributed by atoms with van der Waals surface area (Å²) < 4.78 is 40.3. The van der Waals surface area contributed by atoms with Crippen molar-refractivity contribution in [2.45, 2.75) is 18.0 Å². The molecule has 0 amide bonds. The van der Waals surface area contributed by atoms with Crippen LogP contribution in [0.3, 0.4) is 0 Å². The largest absolute Gasteiger partial charge is 0.416 e. The molecule has 0 saturated heterocycles. The highest BCUT2D eigenvalue weighted by atomic mass is 79.9. The van der Waals surface area contributed by atoms with Crippen LogP contribution in [0.15, 0.2) is 50.8 Å². The van der Waals surface area contributed by atoms with E-state index in [1.807, 2.05) is 13.0 Å². The predicted octanol–water partition coefficient (Wildman–Crippen LogP) is 4.67. The van der Waals surface area contributed by atoms with Crippen molar-refractivity contribution in [2.24, 2.45) is 0 Å². The van der Waals surface area contributed by atoms with Crippen molar-refractivity contribution < 1.29 is 13.2 Å². The van der Waals surface area contributed by atoms with Crippen molar-refractivity contribution in [1.82, 2.24) is 14.8 Å². The van der Waals surface area contributed by atoms with E-state index >= 15 is 0 Å². The summed E-state index contributed by atoms with van der Waals surface area (Å²) in [5.41, 5.74) is -1.33. The minimum atomic E-state index is -4.47. The van der Waals surface area contributed by atoms with E-state index in [-0.39, 0.29) is 10.8 Å². The third-order valence-corrected chi connectivity index (χ3v) is 4.75. The number of hydrogen-bond acceptors (Lipinski definition) is 4. The Morgan fingerprint density at radius 2 is 2.00 bits per heavy atom. The third-order valence-electron chi connectivity index (χ3n) is 3.41. The normalized spacial score (nSPS) is 11.9. The van der Waals surface area contributed by atoms with Gasteiger partial charge in [0.25, 0.3) is 5.56 Å². The maximum absolute atomic E-state index is 12.8. The molecule has 0 aliphatic heterocycles.